The Labute approximate surface area is 108 Å². The van der Waals surface area contributed by atoms with Crippen molar-refractivity contribution in [2.45, 2.75) is 6.92 Å². The minimum atomic E-state index is -0.738. The van der Waals surface area contributed by atoms with Crippen molar-refractivity contribution in [3.05, 3.63) is 38.9 Å². The van der Waals surface area contributed by atoms with Crippen LogP contribution in [-0.4, -0.2) is 23.8 Å². The molecule has 0 atom stereocenters. The third-order valence-electron chi connectivity index (χ3n) is 1.82. The Bertz CT molecular complexity index is 490. The van der Waals surface area contributed by atoms with Crippen LogP contribution in [0, 0.1) is 10.1 Å². The molecule has 1 aromatic carbocycles. The van der Waals surface area contributed by atoms with E-state index in [9.17, 15) is 14.9 Å². The average molecular weight is 272 g/mol. The van der Waals surface area contributed by atoms with E-state index < -0.39 is 11.0 Å². The lowest BCUT2D eigenvalue weighted by Crippen LogP contribution is -2.18. The van der Waals surface area contributed by atoms with Gasteiger partial charge in [0.15, 0.2) is 0 Å². The molecule has 0 unspecified atom stereocenters. The van der Waals surface area contributed by atoms with Gasteiger partial charge in [0.05, 0.1) is 23.3 Å². The number of ether oxygens (including phenoxy) is 1. The maximum Gasteiger partial charge on any atom is 0.427 e. The van der Waals surface area contributed by atoms with Gasteiger partial charge in [-0.3, -0.25) is 10.1 Å². The van der Waals surface area contributed by atoms with Crippen molar-refractivity contribution >= 4 is 29.6 Å². The third kappa shape index (κ3) is 4.02. The summed E-state index contributed by atoms with van der Waals surface area (Å²) in [4.78, 5) is 21.1. The Balaban J connectivity index is 2.82. The van der Waals surface area contributed by atoms with Gasteiger partial charge in [0, 0.05) is 11.1 Å². The molecule has 0 aliphatic rings. The summed E-state index contributed by atoms with van der Waals surface area (Å²) in [6.07, 6.45) is 0.388. The molecule has 18 heavy (non-hydrogen) atoms. The molecule has 1 N–H and O–H groups in total. The number of nitrogens with zero attached hydrogens (tertiary/aromatic N) is 2. The number of benzene rings is 1. The molecule has 1 amide bonds. The lowest BCUT2D eigenvalue weighted by atomic mass is 10.2. The van der Waals surface area contributed by atoms with Crippen LogP contribution in [0.4, 0.5) is 10.5 Å². The zero-order valence-corrected chi connectivity index (χ0v) is 10.2. The van der Waals surface area contributed by atoms with Crippen LogP contribution < -0.4 is 5.43 Å². The Morgan fingerprint density at radius 3 is 3.00 bits per heavy atom. The second kappa shape index (κ2) is 6.55. The lowest BCUT2D eigenvalue weighted by molar-refractivity contribution is -0.385. The van der Waals surface area contributed by atoms with Gasteiger partial charge >= 0.3 is 6.09 Å². The molecular weight excluding hydrogens is 262 g/mol. The van der Waals surface area contributed by atoms with Gasteiger partial charge in [0.1, 0.15) is 0 Å². The molecule has 0 radical (unpaired) electrons. The second-order valence-corrected chi connectivity index (χ2v) is 3.49. The van der Waals surface area contributed by atoms with Crippen LogP contribution in [0.2, 0.25) is 5.02 Å². The Hall–Kier alpha value is -2.15. The summed E-state index contributed by atoms with van der Waals surface area (Å²) in [5.41, 5.74) is 2.09. The number of hydrogen-bond donors (Lipinski definition) is 1. The molecule has 1 rings (SSSR count). The topological polar surface area (TPSA) is 93.8 Å². The molecule has 96 valence electrons. The first kappa shape index (κ1) is 13.9. The van der Waals surface area contributed by atoms with Crippen LogP contribution in [0.3, 0.4) is 0 Å². The predicted octanol–water partition coefficient (Wildman–Crippen LogP) is 2.33. The smallest absolute Gasteiger partial charge is 0.427 e. The molecule has 0 saturated heterocycles. The number of amides is 1. The molecule has 0 aromatic heterocycles. The van der Waals surface area contributed by atoms with E-state index in [0.717, 1.165) is 6.21 Å². The van der Waals surface area contributed by atoms with Gasteiger partial charge in [-0.15, -0.1) is 0 Å². The van der Waals surface area contributed by atoms with Gasteiger partial charge in [0.2, 0.25) is 0 Å². The van der Waals surface area contributed by atoms with Crippen molar-refractivity contribution in [3.63, 3.8) is 0 Å². The average Bonchev–Trinajstić information content (AvgIpc) is 2.29. The minimum Gasteiger partial charge on any atom is -0.449 e. The summed E-state index contributed by atoms with van der Waals surface area (Å²) in [6, 6.07) is 4.03. The normalized spacial score (nSPS) is 10.3. The summed E-state index contributed by atoms with van der Waals surface area (Å²) in [5.74, 6) is 0. The first-order valence-electron chi connectivity index (χ1n) is 4.94. The number of hydrazone groups is 1. The number of hydrogen-bond acceptors (Lipinski definition) is 5. The van der Waals surface area contributed by atoms with Crippen LogP contribution >= 0.6 is 11.6 Å². The van der Waals surface area contributed by atoms with E-state index in [1.165, 1.54) is 18.2 Å². The number of nitro groups is 1. The van der Waals surface area contributed by atoms with Gasteiger partial charge < -0.3 is 4.74 Å². The van der Waals surface area contributed by atoms with Gasteiger partial charge in [-0.1, -0.05) is 11.6 Å². The highest BCUT2D eigenvalue weighted by atomic mass is 35.5. The van der Waals surface area contributed by atoms with Crippen molar-refractivity contribution in [1.29, 1.82) is 0 Å². The van der Waals surface area contributed by atoms with E-state index in [4.69, 9.17) is 11.6 Å². The van der Waals surface area contributed by atoms with Crippen molar-refractivity contribution in [2.75, 3.05) is 6.61 Å². The first-order chi connectivity index (χ1) is 8.54. The number of halogens is 1. The monoisotopic (exact) mass is 271 g/mol. The van der Waals surface area contributed by atoms with E-state index in [0.29, 0.717) is 5.02 Å². The highest BCUT2D eigenvalue weighted by Gasteiger charge is 2.12. The number of nitrogens with one attached hydrogen (secondary N) is 1. The third-order valence-corrected chi connectivity index (χ3v) is 2.06. The zero-order chi connectivity index (χ0) is 13.5. The molecule has 0 spiro atoms. The maximum absolute atomic E-state index is 10.9. The molecular formula is C10H10ClN3O4. The van der Waals surface area contributed by atoms with Crippen molar-refractivity contribution < 1.29 is 14.5 Å². The number of carbonyl (C=O) groups excluding carboxylic acids is 1. The van der Waals surface area contributed by atoms with E-state index >= 15 is 0 Å². The maximum atomic E-state index is 10.9. The van der Waals surface area contributed by atoms with Gasteiger partial charge in [-0.05, 0) is 19.1 Å². The van der Waals surface area contributed by atoms with Crippen molar-refractivity contribution in [1.82, 2.24) is 5.43 Å². The van der Waals surface area contributed by atoms with Crippen LogP contribution in [0.15, 0.2) is 23.3 Å². The summed E-state index contributed by atoms with van der Waals surface area (Å²) >= 11 is 5.72. The predicted molar refractivity (Wildman–Crippen MR) is 65.9 cm³/mol. The van der Waals surface area contributed by atoms with E-state index in [1.54, 1.807) is 6.92 Å². The van der Waals surface area contributed by atoms with Crippen LogP contribution in [0.25, 0.3) is 0 Å². The molecule has 0 heterocycles. The van der Waals surface area contributed by atoms with Gasteiger partial charge in [0.25, 0.3) is 5.69 Å². The standard InChI is InChI=1S/C10H10ClN3O4/c1-2-18-10(15)13-12-6-7-5-8(11)3-4-9(7)14(16)17/h3-6H,2H2,1H3,(H,13,15). The van der Waals surface area contributed by atoms with Crippen LogP contribution in [0.1, 0.15) is 12.5 Å². The molecule has 7 nitrogen and oxygen atoms in total. The highest BCUT2D eigenvalue weighted by molar-refractivity contribution is 6.31. The van der Waals surface area contributed by atoms with E-state index in [2.05, 4.69) is 15.3 Å². The zero-order valence-electron chi connectivity index (χ0n) is 9.42. The minimum absolute atomic E-state index is 0.159. The summed E-state index contributed by atoms with van der Waals surface area (Å²) < 4.78 is 4.56. The quantitative estimate of drug-likeness (QED) is 0.516. The molecule has 0 bridgehead atoms. The van der Waals surface area contributed by atoms with Crippen LogP contribution in [-0.2, 0) is 4.74 Å². The van der Waals surface area contributed by atoms with E-state index in [1.807, 2.05) is 0 Å². The van der Waals surface area contributed by atoms with Gasteiger partial charge in [-0.25, -0.2) is 10.2 Å². The second-order valence-electron chi connectivity index (χ2n) is 3.05. The lowest BCUT2D eigenvalue weighted by Gasteiger charge is -2.00. The van der Waals surface area contributed by atoms with Crippen LogP contribution in [0.5, 0.6) is 0 Å². The molecule has 8 heteroatoms. The van der Waals surface area contributed by atoms with E-state index in [-0.39, 0.29) is 17.9 Å². The van der Waals surface area contributed by atoms with Crippen molar-refractivity contribution in [3.8, 4) is 0 Å². The molecule has 1 aromatic rings. The SMILES string of the molecule is CCOC(=O)NN=Cc1cc(Cl)ccc1[N+](=O)[O-]. The number of nitro benzene ring substituents is 1. The fourth-order valence-corrected chi connectivity index (χ4v) is 1.29. The van der Waals surface area contributed by atoms with Gasteiger partial charge in [-0.2, -0.15) is 5.10 Å². The summed E-state index contributed by atoms with van der Waals surface area (Å²) in [7, 11) is 0. The summed E-state index contributed by atoms with van der Waals surface area (Å²) in [5, 5.41) is 14.6. The first-order valence-corrected chi connectivity index (χ1v) is 5.32. The fraction of sp³-hybridized carbons (Fsp3) is 0.200. The molecule has 0 aliphatic heterocycles. The van der Waals surface area contributed by atoms with Crippen molar-refractivity contribution in [2.24, 2.45) is 5.10 Å². The number of rotatable bonds is 4. The Morgan fingerprint density at radius 1 is 1.67 bits per heavy atom. The fourth-order valence-electron chi connectivity index (χ4n) is 1.11. The molecule has 0 fully saturated rings. The Morgan fingerprint density at radius 2 is 2.39 bits per heavy atom. The highest BCUT2D eigenvalue weighted by Crippen LogP contribution is 2.20. The molecule has 0 saturated carbocycles. The summed E-state index contributed by atoms with van der Waals surface area (Å²) in [6.45, 7) is 1.85. The molecule has 0 aliphatic carbocycles. The largest absolute Gasteiger partial charge is 0.449 e. The number of carbonyl (C=O) groups is 1. The Kier molecular flexibility index (Phi) is 5.06.